The zero-order chi connectivity index (χ0) is 11.2. The number of amides is 1. The standard InChI is InChI=1S/C7H11Br2NO3S/c1-2-3-4-6(8)7(9)14(12,13)10-5-11/h5H,2-4H2,1H3,(H,10,11). The lowest BCUT2D eigenvalue weighted by molar-refractivity contribution is -0.108. The van der Waals surface area contributed by atoms with Gasteiger partial charge in [-0.2, -0.15) is 0 Å². The number of carbonyl (C=O) groups is 1. The highest BCUT2D eigenvalue weighted by atomic mass is 79.9. The lowest BCUT2D eigenvalue weighted by Crippen LogP contribution is -2.21. The van der Waals surface area contributed by atoms with E-state index in [4.69, 9.17) is 0 Å². The largest absolute Gasteiger partial charge is 0.278 e. The molecule has 0 fully saturated rings. The maximum atomic E-state index is 11.3. The Hall–Kier alpha value is 0.120. The summed E-state index contributed by atoms with van der Waals surface area (Å²) in [5, 5.41) is 0. The van der Waals surface area contributed by atoms with Gasteiger partial charge in [-0.25, -0.2) is 8.42 Å². The van der Waals surface area contributed by atoms with Crippen LogP contribution in [0.5, 0.6) is 0 Å². The van der Waals surface area contributed by atoms with Crippen molar-refractivity contribution < 1.29 is 13.2 Å². The summed E-state index contributed by atoms with van der Waals surface area (Å²) >= 11 is 6.07. The van der Waals surface area contributed by atoms with Crippen LogP contribution in [0.3, 0.4) is 0 Å². The smallest absolute Gasteiger partial charge is 0.271 e. The highest BCUT2D eigenvalue weighted by Crippen LogP contribution is 2.26. The van der Waals surface area contributed by atoms with Gasteiger partial charge in [0.1, 0.15) is 3.81 Å². The van der Waals surface area contributed by atoms with Crippen LogP contribution in [0.15, 0.2) is 8.30 Å². The van der Waals surface area contributed by atoms with Gasteiger partial charge in [0, 0.05) is 4.48 Å². The topological polar surface area (TPSA) is 63.2 Å². The minimum atomic E-state index is -3.71. The number of rotatable bonds is 6. The Morgan fingerprint density at radius 1 is 1.43 bits per heavy atom. The lowest BCUT2D eigenvalue weighted by atomic mass is 10.2. The molecule has 4 nitrogen and oxygen atoms in total. The monoisotopic (exact) mass is 347 g/mol. The summed E-state index contributed by atoms with van der Waals surface area (Å²) in [7, 11) is -3.71. The molecule has 0 rings (SSSR count). The van der Waals surface area contributed by atoms with E-state index in [-0.39, 0.29) is 10.2 Å². The van der Waals surface area contributed by atoms with Gasteiger partial charge in [-0.15, -0.1) is 0 Å². The van der Waals surface area contributed by atoms with E-state index in [9.17, 15) is 13.2 Å². The molecule has 1 amide bonds. The van der Waals surface area contributed by atoms with Crippen molar-refractivity contribution in [3.05, 3.63) is 8.30 Å². The van der Waals surface area contributed by atoms with E-state index in [2.05, 4.69) is 31.9 Å². The van der Waals surface area contributed by atoms with Crippen molar-refractivity contribution in [2.75, 3.05) is 0 Å². The van der Waals surface area contributed by atoms with E-state index in [1.807, 2.05) is 6.92 Å². The van der Waals surface area contributed by atoms with E-state index in [0.717, 1.165) is 12.8 Å². The second-order valence-electron chi connectivity index (χ2n) is 2.52. The number of nitrogens with one attached hydrogen (secondary N) is 1. The molecule has 1 N–H and O–H groups in total. The maximum absolute atomic E-state index is 11.3. The number of hydrogen-bond donors (Lipinski definition) is 1. The normalized spacial score (nSPS) is 13.4. The molecule has 0 unspecified atom stereocenters. The number of carbonyl (C=O) groups excluding carboxylic acids is 1. The number of unbranched alkanes of at least 4 members (excludes halogenated alkanes) is 1. The van der Waals surface area contributed by atoms with E-state index < -0.39 is 10.0 Å². The van der Waals surface area contributed by atoms with Gasteiger partial charge in [0.15, 0.2) is 0 Å². The third kappa shape index (κ3) is 4.56. The Labute approximate surface area is 100 Å². The fourth-order valence-corrected chi connectivity index (χ4v) is 2.71. The van der Waals surface area contributed by atoms with Crippen LogP contribution in [0.1, 0.15) is 26.2 Å². The second-order valence-corrected chi connectivity index (χ2v) is 6.45. The first kappa shape index (κ1) is 14.1. The Morgan fingerprint density at radius 2 is 2.00 bits per heavy atom. The van der Waals surface area contributed by atoms with Crippen LogP contribution in [0.25, 0.3) is 0 Å². The van der Waals surface area contributed by atoms with Crippen LogP contribution in [0.2, 0.25) is 0 Å². The Balaban J connectivity index is 4.71. The van der Waals surface area contributed by atoms with Gasteiger partial charge < -0.3 is 0 Å². The van der Waals surface area contributed by atoms with Crippen LogP contribution in [-0.2, 0) is 14.8 Å². The number of sulfonamides is 1. The summed E-state index contributed by atoms with van der Waals surface area (Å²) in [4.78, 5) is 10.0. The van der Waals surface area contributed by atoms with Crippen LogP contribution < -0.4 is 4.72 Å². The Bertz CT molecular complexity index is 324. The van der Waals surface area contributed by atoms with Gasteiger partial charge >= 0.3 is 0 Å². The molecule has 0 aliphatic carbocycles. The van der Waals surface area contributed by atoms with E-state index in [0.29, 0.717) is 10.9 Å². The molecule has 0 saturated carbocycles. The highest BCUT2D eigenvalue weighted by Gasteiger charge is 2.17. The molecule has 0 bridgehead atoms. The zero-order valence-electron chi connectivity index (χ0n) is 7.59. The summed E-state index contributed by atoms with van der Waals surface area (Å²) < 4.78 is 24.8. The molecule has 0 spiro atoms. The maximum Gasteiger partial charge on any atom is 0.271 e. The quantitative estimate of drug-likeness (QED) is 0.748. The number of allylic oxidation sites excluding steroid dienone is 1. The summed E-state index contributed by atoms with van der Waals surface area (Å²) in [5.41, 5.74) is 0. The van der Waals surface area contributed by atoms with Crippen molar-refractivity contribution in [2.45, 2.75) is 26.2 Å². The van der Waals surface area contributed by atoms with E-state index in [1.54, 1.807) is 4.72 Å². The summed E-state index contributed by atoms with van der Waals surface area (Å²) in [6, 6.07) is 0. The predicted octanol–water partition coefficient (Wildman–Crippen LogP) is 2.21. The van der Waals surface area contributed by atoms with Gasteiger partial charge in [-0.1, -0.05) is 29.3 Å². The second kappa shape index (κ2) is 6.58. The van der Waals surface area contributed by atoms with E-state index in [1.165, 1.54) is 0 Å². The third-order valence-corrected chi connectivity index (χ3v) is 5.87. The van der Waals surface area contributed by atoms with Crippen LogP contribution in [0, 0.1) is 0 Å². The predicted molar refractivity (Wildman–Crippen MR) is 62.5 cm³/mol. The van der Waals surface area contributed by atoms with Crippen molar-refractivity contribution in [3.63, 3.8) is 0 Å². The molecule has 0 saturated heterocycles. The first-order valence-electron chi connectivity index (χ1n) is 3.95. The summed E-state index contributed by atoms with van der Waals surface area (Å²) in [6.07, 6.45) is 2.61. The third-order valence-electron chi connectivity index (χ3n) is 1.40. The number of hydrogen-bond acceptors (Lipinski definition) is 3. The molecular formula is C7H11Br2NO3S. The fourth-order valence-electron chi connectivity index (χ4n) is 0.691. The van der Waals surface area contributed by atoms with Crippen LogP contribution >= 0.6 is 31.9 Å². The minimum Gasteiger partial charge on any atom is -0.278 e. The molecule has 0 aliphatic heterocycles. The number of halogens is 2. The van der Waals surface area contributed by atoms with Crippen LogP contribution in [0.4, 0.5) is 0 Å². The lowest BCUT2D eigenvalue weighted by Gasteiger charge is -2.04. The Morgan fingerprint density at radius 3 is 2.43 bits per heavy atom. The van der Waals surface area contributed by atoms with Gasteiger partial charge in [0.05, 0.1) is 0 Å². The average molecular weight is 349 g/mol. The molecule has 7 heteroatoms. The van der Waals surface area contributed by atoms with Gasteiger partial charge in [0.25, 0.3) is 10.0 Å². The summed E-state index contributed by atoms with van der Waals surface area (Å²) in [6.45, 7) is 2.01. The minimum absolute atomic E-state index is 0.0226. The van der Waals surface area contributed by atoms with Gasteiger partial charge in [0.2, 0.25) is 6.41 Å². The van der Waals surface area contributed by atoms with Crippen molar-refractivity contribution in [1.29, 1.82) is 0 Å². The SMILES string of the molecule is CCCCC(Br)=C(Br)S(=O)(=O)NC=O. The Kier molecular flexibility index (Phi) is 6.63. The van der Waals surface area contributed by atoms with Crippen LogP contribution in [-0.4, -0.2) is 14.8 Å². The van der Waals surface area contributed by atoms with E-state index >= 15 is 0 Å². The van der Waals surface area contributed by atoms with Crippen molar-refractivity contribution in [1.82, 2.24) is 4.72 Å². The van der Waals surface area contributed by atoms with Crippen molar-refractivity contribution >= 4 is 48.3 Å². The first-order chi connectivity index (χ1) is 6.45. The van der Waals surface area contributed by atoms with Gasteiger partial charge in [-0.3, -0.25) is 9.52 Å². The highest BCUT2D eigenvalue weighted by molar-refractivity contribution is 9.15. The van der Waals surface area contributed by atoms with Crippen molar-refractivity contribution in [2.24, 2.45) is 0 Å². The summed E-state index contributed by atoms with van der Waals surface area (Å²) in [5.74, 6) is 0. The molecule has 0 heterocycles. The van der Waals surface area contributed by atoms with Crippen molar-refractivity contribution in [3.8, 4) is 0 Å². The molecule has 14 heavy (non-hydrogen) atoms. The first-order valence-corrected chi connectivity index (χ1v) is 7.02. The average Bonchev–Trinajstić information content (AvgIpc) is 2.12. The molecule has 0 aromatic carbocycles. The molecule has 0 aromatic heterocycles. The molecule has 0 aromatic rings. The fraction of sp³-hybridized carbons (Fsp3) is 0.571. The molecular weight excluding hydrogens is 338 g/mol. The molecule has 0 aliphatic rings. The van der Waals surface area contributed by atoms with Gasteiger partial charge in [-0.05, 0) is 28.8 Å². The zero-order valence-corrected chi connectivity index (χ0v) is 11.6. The molecule has 0 atom stereocenters. The molecule has 82 valence electrons. The molecule has 0 radical (unpaired) electrons.